The van der Waals surface area contributed by atoms with Gasteiger partial charge >= 0.3 is 0 Å². The summed E-state index contributed by atoms with van der Waals surface area (Å²) in [5.41, 5.74) is 4.06. The molecule has 0 saturated heterocycles. The molecule has 2 aromatic heterocycles. The molecule has 1 aliphatic carbocycles. The molecule has 0 radical (unpaired) electrons. The van der Waals surface area contributed by atoms with Crippen molar-refractivity contribution in [2.75, 3.05) is 13.2 Å². The Balaban J connectivity index is 1.40. The molecule has 0 aromatic carbocycles. The summed E-state index contributed by atoms with van der Waals surface area (Å²) in [7, 11) is 0. The van der Waals surface area contributed by atoms with E-state index < -0.39 is 0 Å². The standard InChI is InChI=1S/C19H24N2O2/c1-14-2-5-18(23-14)11-21-7-6-19-16(10-21)8-20-9-17(19)13-22-12-15-3-4-15/h2,5,8-9,15H,3-4,6-7,10-13H2,1H3. The molecular weight excluding hydrogens is 288 g/mol. The smallest absolute Gasteiger partial charge is 0.118 e. The Hall–Kier alpha value is -1.65. The van der Waals surface area contributed by atoms with Gasteiger partial charge < -0.3 is 9.15 Å². The summed E-state index contributed by atoms with van der Waals surface area (Å²) in [6, 6.07) is 4.11. The maximum atomic E-state index is 5.87. The van der Waals surface area contributed by atoms with Gasteiger partial charge in [-0.3, -0.25) is 9.88 Å². The van der Waals surface area contributed by atoms with Crippen LogP contribution in [0.4, 0.5) is 0 Å². The molecule has 4 heteroatoms. The number of hydrogen-bond donors (Lipinski definition) is 0. The van der Waals surface area contributed by atoms with Crippen LogP contribution in [-0.2, 0) is 30.9 Å². The van der Waals surface area contributed by atoms with E-state index >= 15 is 0 Å². The number of ether oxygens (including phenoxy) is 1. The normalized spacial score (nSPS) is 18.1. The van der Waals surface area contributed by atoms with Crippen LogP contribution >= 0.6 is 0 Å². The van der Waals surface area contributed by atoms with Crippen molar-refractivity contribution < 1.29 is 9.15 Å². The van der Waals surface area contributed by atoms with Crippen molar-refractivity contribution in [2.45, 2.75) is 45.9 Å². The Labute approximate surface area is 137 Å². The van der Waals surface area contributed by atoms with Crippen LogP contribution in [0.1, 0.15) is 41.1 Å². The van der Waals surface area contributed by atoms with Crippen molar-refractivity contribution in [3.63, 3.8) is 0 Å². The van der Waals surface area contributed by atoms with Crippen molar-refractivity contribution in [1.29, 1.82) is 0 Å². The van der Waals surface area contributed by atoms with E-state index in [-0.39, 0.29) is 0 Å². The third-order valence-corrected chi connectivity index (χ3v) is 4.79. The minimum Gasteiger partial charge on any atom is -0.465 e. The molecule has 2 aromatic rings. The second-order valence-electron chi connectivity index (χ2n) is 6.87. The average Bonchev–Trinajstić information content (AvgIpc) is 3.29. The van der Waals surface area contributed by atoms with Gasteiger partial charge in [0, 0.05) is 32.1 Å². The van der Waals surface area contributed by atoms with E-state index in [4.69, 9.17) is 9.15 Å². The lowest BCUT2D eigenvalue weighted by Crippen LogP contribution is -2.30. The minimum atomic E-state index is 0.712. The van der Waals surface area contributed by atoms with Gasteiger partial charge in [-0.1, -0.05) is 0 Å². The van der Waals surface area contributed by atoms with Gasteiger partial charge in [0.05, 0.1) is 13.2 Å². The Kier molecular flexibility index (Phi) is 4.19. The zero-order valence-corrected chi connectivity index (χ0v) is 13.8. The van der Waals surface area contributed by atoms with Crippen molar-refractivity contribution in [1.82, 2.24) is 9.88 Å². The Bertz CT molecular complexity index is 676. The molecule has 0 amide bonds. The molecule has 1 saturated carbocycles. The van der Waals surface area contributed by atoms with Gasteiger partial charge in [0.25, 0.3) is 0 Å². The fourth-order valence-electron chi connectivity index (χ4n) is 3.30. The maximum absolute atomic E-state index is 5.87. The first kappa shape index (κ1) is 14.9. The molecule has 0 unspecified atom stereocenters. The monoisotopic (exact) mass is 312 g/mol. The number of furan rings is 1. The molecule has 0 spiro atoms. The van der Waals surface area contributed by atoms with Crippen LogP contribution in [0.15, 0.2) is 28.9 Å². The highest BCUT2D eigenvalue weighted by molar-refractivity contribution is 5.33. The van der Waals surface area contributed by atoms with Crippen molar-refractivity contribution in [2.24, 2.45) is 5.92 Å². The van der Waals surface area contributed by atoms with E-state index in [9.17, 15) is 0 Å². The van der Waals surface area contributed by atoms with Crippen molar-refractivity contribution in [3.05, 3.63) is 52.7 Å². The summed E-state index contributed by atoms with van der Waals surface area (Å²) in [6.07, 6.45) is 7.74. The quantitative estimate of drug-likeness (QED) is 0.818. The molecule has 1 aliphatic heterocycles. The molecule has 2 aliphatic rings. The Morgan fingerprint density at radius 1 is 1.30 bits per heavy atom. The lowest BCUT2D eigenvalue weighted by molar-refractivity contribution is 0.110. The van der Waals surface area contributed by atoms with Gasteiger partial charge in [-0.25, -0.2) is 0 Å². The maximum Gasteiger partial charge on any atom is 0.118 e. The van der Waals surface area contributed by atoms with E-state index in [0.29, 0.717) is 6.61 Å². The number of fused-ring (bicyclic) bond motifs is 1. The SMILES string of the molecule is Cc1ccc(CN2CCc3c(COCC4CC4)cncc3C2)o1. The summed E-state index contributed by atoms with van der Waals surface area (Å²) in [6.45, 7) is 6.49. The number of nitrogens with zero attached hydrogens (tertiary/aromatic N) is 2. The molecule has 23 heavy (non-hydrogen) atoms. The molecule has 0 atom stereocenters. The van der Waals surface area contributed by atoms with Crippen molar-refractivity contribution in [3.8, 4) is 0 Å². The van der Waals surface area contributed by atoms with Gasteiger partial charge in [-0.05, 0) is 60.9 Å². The fourth-order valence-corrected chi connectivity index (χ4v) is 3.30. The zero-order valence-electron chi connectivity index (χ0n) is 13.8. The number of hydrogen-bond acceptors (Lipinski definition) is 4. The summed E-state index contributed by atoms with van der Waals surface area (Å²) in [5, 5.41) is 0. The first-order valence-corrected chi connectivity index (χ1v) is 8.58. The van der Waals surface area contributed by atoms with Crippen molar-refractivity contribution >= 4 is 0 Å². The molecule has 0 bridgehead atoms. The van der Waals surface area contributed by atoms with E-state index in [1.54, 1.807) is 0 Å². The highest BCUT2D eigenvalue weighted by atomic mass is 16.5. The second kappa shape index (κ2) is 6.46. The summed E-state index contributed by atoms with van der Waals surface area (Å²) in [5.74, 6) is 2.84. The van der Waals surface area contributed by atoms with Crippen LogP contribution in [0.25, 0.3) is 0 Å². The van der Waals surface area contributed by atoms with E-state index in [1.807, 2.05) is 25.4 Å². The Morgan fingerprint density at radius 2 is 2.22 bits per heavy atom. The van der Waals surface area contributed by atoms with E-state index in [2.05, 4.69) is 16.0 Å². The predicted octanol–water partition coefficient (Wildman–Crippen LogP) is 3.47. The number of aryl methyl sites for hydroxylation is 1. The van der Waals surface area contributed by atoms with Gasteiger partial charge in [-0.15, -0.1) is 0 Å². The first-order chi connectivity index (χ1) is 11.3. The van der Waals surface area contributed by atoms with Gasteiger partial charge in [0.15, 0.2) is 0 Å². The largest absolute Gasteiger partial charge is 0.465 e. The van der Waals surface area contributed by atoms with Crippen LogP contribution in [-0.4, -0.2) is 23.0 Å². The fraction of sp³-hybridized carbons (Fsp3) is 0.526. The average molecular weight is 312 g/mol. The summed E-state index contributed by atoms with van der Waals surface area (Å²) < 4.78 is 11.6. The van der Waals surface area contributed by atoms with Crippen LogP contribution in [0.2, 0.25) is 0 Å². The summed E-state index contributed by atoms with van der Waals surface area (Å²) in [4.78, 5) is 6.85. The predicted molar refractivity (Wildman–Crippen MR) is 87.9 cm³/mol. The Morgan fingerprint density at radius 3 is 3.00 bits per heavy atom. The van der Waals surface area contributed by atoms with Crippen LogP contribution in [0, 0.1) is 12.8 Å². The topological polar surface area (TPSA) is 38.5 Å². The summed E-state index contributed by atoms with van der Waals surface area (Å²) >= 11 is 0. The van der Waals surface area contributed by atoms with Gasteiger partial charge in [0.2, 0.25) is 0 Å². The third-order valence-electron chi connectivity index (χ3n) is 4.79. The molecule has 4 rings (SSSR count). The molecule has 122 valence electrons. The second-order valence-corrected chi connectivity index (χ2v) is 6.87. The van der Waals surface area contributed by atoms with Gasteiger partial charge in [0.1, 0.15) is 11.5 Å². The number of rotatable bonds is 6. The van der Waals surface area contributed by atoms with Crippen LogP contribution < -0.4 is 0 Å². The first-order valence-electron chi connectivity index (χ1n) is 8.58. The third kappa shape index (κ3) is 3.65. The van der Waals surface area contributed by atoms with Gasteiger partial charge in [-0.2, -0.15) is 0 Å². The lowest BCUT2D eigenvalue weighted by atomic mass is 9.97. The highest BCUT2D eigenvalue weighted by Gasteiger charge is 2.23. The van der Waals surface area contributed by atoms with E-state index in [0.717, 1.165) is 50.1 Å². The molecule has 4 nitrogen and oxygen atoms in total. The number of aromatic nitrogens is 1. The molecule has 0 N–H and O–H groups in total. The van der Waals surface area contributed by atoms with Crippen LogP contribution in [0.3, 0.4) is 0 Å². The highest BCUT2D eigenvalue weighted by Crippen LogP contribution is 2.29. The zero-order chi connectivity index (χ0) is 15.6. The van der Waals surface area contributed by atoms with E-state index in [1.165, 1.54) is 29.5 Å². The molecule has 1 fully saturated rings. The number of pyridine rings is 1. The minimum absolute atomic E-state index is 0.712. The van der Waals surface area contributed by atoms with Crippen LogP contribution in [0.5, 0.6) is 0 Å². The molecular formula is C19H24N2O2. The lowest BCUT2D eigenvalue weighted by Gasteiger charge is -2.29. The molecule has 3 heterocycles.